The molecule has 0 radical (unpaired) electrons. The van der Waals surface area contributed by atoms with E-state index in [2.05, 4.69) is 14.8 Å². The topological polar surface area (TPSA) is 173 Å². The summed E-state index contributed by atoms with van der Waals surface area (Å²) in [7, 11) is -9.02. The molecule has 2 aliphatic heterocycles. The molecule has 0 fully saturated rings. The van der Waals surface area contributed by atoms with Crippen LogP contribution >= 0.6 is 0 Å². The number of nitrogens with two attached hydrogens (primary N) is 1. The van der Waals surface area contributed by atoms with Gasteiger partial charge in [-0.25, -0.2) is 8.42 Å². The van der Waals surface area contributed by atoms with E-state index < -0.39 is 31.1 Å². The molecule has 0 saturated heterocycles. The molecule has 1 amide bonds. The lowest BCUT2D eigenvalue weighted by Crippen LogP contribution is -2.28. The molecule has 0 aliphatic carbocycles. The van der Waals surface area contributed by atoms with Gasteiger partial charge in [0.05, 0.1) is 15.2 Å². The average molecular weight is 729 g/mol. The van der Waals surface area contributed by atoms with E-state index in [1.165, 1.54) is 24.3 Å². The number of hydrogen-bond acceptors (Lipinski definition) is 8. The summed E-state index contributed by atoms with van der Waals surface area (Å²) < 4.78 is 71.5. The molecule has 11 nitrogen and oxygen atoms in total. The molecule has 0 spiro atoms. The van der Waals surface area contributed by atoms with Crippen LogP contribution in [-0.2, 0) is 35.9 Å². The Hall–Kier alpha value is -3.36. The van der Waals surface area contributed by atoms with Gasteiger partial charge in [-0.05, 0) is 95.0 Å². The van der Waals surface area contributed by atoms with Gasteiger partial charge in [-0.3, -0.25) is 9.35 Å². The fraction of sp³-hybridized carbons (Fsp3) is 0.514. The number of nitrogens with zero attached hydrogens (tertiary/aromatic N) is 2. The van der Waals surface area contributed by atoms with E-state index in [1.807, 2.05) is 52.8 Å². The number of benzene rings is 2. The van der Waals surface area contributed by atoms with Crippen LogP contribution in [-0.4, -0.2) is 68.3 Å². The highest BCUT2D eigenvalue weighted by molar-refractivity contribution is 7.86. The Labute approximate surface area is 297 Å². The number of hydrogen-bond donors (Lipinski definition) is 3. The zero-order valence-corrected chi connectivity index (χ0v) is 31.5. The van der Waals surface area contributed by atoms with Gasteiger partial charge in [-0.1, -0.05) is 32.8 Å². The molecule has 0 unspecified atom stereocenters. The van der Waals surface area contributed by atoms with Crippen LogP contribution in [0.4, 0.5) is 11.4 Å². The number of fused-ring (bicyclic) bond motifs is 2. The van der Waals surface area contributed by atoms with Gasteiger partial charge in [-0.2, -0.15) is 13.0 Å². The number of carbonyl (C=O) groups is 1. The quantitative estimate of drug-likeness (QED) is 0.105. The molecule has 0 atom stereocenters. The largest absolute Gasteiger partial charge is 0.744 e. The summed E-state index contributed by atoms with van der Waals surface area (Å²) >= 11 is 0. The lowest BCUT2D eigenvalue weighted by molar-refractivity contribution is -0.438. The van der Waals surface area contributed by atoms with Gasteiger partial charge < -0.3 is 20.5 Å². The molecule has 0 saturated carbocycles. The van der Waals surface area contributed by atoms with Crippen LogP contribution in [0.15, 0.2) is 70.1 Å². The molecule has 2 heterocycles. The zero-order chi connectivity index (χ0) is 36.9. The van der Waals surface area contributed by atoms with Gasteiger partial charge in [0.15, 0.2) is 5.71 Å². The molecule has 4 N–H and O–H groups in total. The number of amides is 1. The Morgan fingerprint density at radius 2 is 1.58 bits per heavy atom. The number of likely N-dealkylation sites (N-methyl/N-ethyl adjacent to an activating group) is 1. The first-order valence-corrected chi connectivity index (χ1v) is 20.3. The van der Waals surface area contributed by atoms with Gasteiger partial charge >= 0.3 is 0 Å². The van der Waals surface area contributed by atoms with Gasteiger partial charge in [0, 0.05) is 60.4 Å². The third kappa shape index (κ3) is 8.74. The Balaban J connectivity index is 1.57. The fourth-order valence-corrected chi connectivity index (χ4v) is 8.11. The van der Waals surface area contributed by atoms with E-state index in [4.69, 9.17) is 5.73 Å². The number of anilines is 1. The maximum Gasteiger partial charge on any atom is 0.294 e. The van der Waals surface area contributed by atoms with Crippen molar-refractivity contribution in [1.29, 1.82) is 0 Å². The molecular formula is C37H52N4O7S2. The Kier molecular flexibility index (Phi) is 12.5. The molecule has 2 aromatic rings. The highest BCUT2D eigenvalue weighted by Gasteiger charge is 2.45. The molecule has 0 aromatic heterocycles. The van der Waals surface area contributed by atoms with Crippen molar-refractivity contribution in [3.05, 3.63) is 71.5 Å². The van der Waals surface area contributed by atoms with Crippen LogP contribution in [0.2, 0.25) is 0 Å². The number of unbranched alkanes of at least 4 members (excludes halogenated alkanes) is 5. The number of nitrogens with one attached hydrogen (secondary N) is 1. The first kappa shape index (κ1) is 39.4. The molecule has 0 bridgehead atoms. The SMILES string of the molecule is CCN1/C(=C\C=C\C2=[N+](CCCCCC(=O)NCCCCCCN)c3ccc(S(=O)(=O)O)cc3C2(C)C)C(C)(C)c2cc(S(=O)(=O)[O-])ccc21. The highest BCUT2D eigenvalue weighted by Crippen LogP contribution is 2.48. The van der Waals surface area contributed by atoms with Crippen molar-refractivity contribution in [2.75, 3.05) is 31.1 Å². The number of allylic oxidation sites excluding steroid dienone is 4. The average Bonchev–Trinajstić information content (AvgIpc) is 3.39. The second kappa shape index (κ2) is 15.9. The monoisotopic (exact) mass is 728 g/mol. The van der Waals surface area contributed by atoms with Gasteiger partial charge in [0.25, 0.3) is 10.1 Å². The summed E-state index contributed by atoms with van der Waals surface area (Å²) in [5.41, 5.74) is 9.47. The third-order valence-corrected chi connectivity index (χ3v) is 11.6. The summed E-state index contributed by atoms with van der Waals surface area (Å²) in [6, 6.07) is 9.19. The minimum Gasteiger partial charge on any atom is -0.744 e. The summed E-state index contributed by atoms with van der Waals surface area (Å²) in [6.07, 6.45) is 12.9. The van der Waals surface area contributed by atoms with Crippen LogP contribution in [0.5, 0.6) is 0 Å². The number of rotatable bonds is 17. The van der Waals surface area contributed by atoms with Crippen LogP contribution in [0.25, 0.3) is 0 Å². The fourth-order valence-electron chi connectivity index (χ4n) is 7.11. The smallest absolute Gasteiger partial charge is 0.294 e. The molecule has 13 heteroatoms. The summed E-state index contributed by atoms with van der Waals surface area (Å²) in [4.78, 5) is 14.0. The van der Waals surface area contributed by atoms with Gasteiger partial charge in [0.2, 0.25) is 11.6 Å². The summed E-state index contributed by atoms with van der Waals surface area (Å²) in [6.45, 7) is 12.7. The normalized spacial score (nSPS) is 17.5. The standard InChI is InChI=1S/C37H52N4O7S2/c1-6-40-31-20-18-27(49(43,44)45)25-29(31)36(2,3)33(40)15-14-16-34-37(4,5)30-26-28(50(46,47)48)19-21-32(30)41(34)24-13-9-10-17-35(42)39-23-12-8-7-11-22-38/h14-16,18-21,25-26H,6-13,17,22-24,38H2,1-5H3,(H2-,39,42,43,44,45,46,47,48). The van der Waals surface area contributed by atoms with Crippen molar-refractivity contribution in [3.63, 3.8) is 0 Å². The molecular weight excluding hydrogens is 677 g/mol. The van der Waals surface area contributed by atoms with Gasteiger partial charge in [-0.15, -0.1) is 0 Å². The zero-order valence-electron chi connectivity index (χ0n) is 29.9. The summed E-state index contributed by atoms with van der Waals surface area (Å²) in [5, 5.41) is 3.00. The van der Waals surface area contributed by atoms with Crippen LogP contribution in [0.1, 0.15) is 97.1 Å². The second-order valence-corrected chi connectivity index (χ2v) is 16.9. The van der Waals surface area contributed by atoms with Crippen molar-refractivity contribution in [2.24, 2.45) is 5.73 Å². The predicted octanol–water partition coefficient (Wildman–Crippen LogP) is 5.67. The predicted molar refractivity (Wildman–Crippen MR) is 196 cm³/mol. The molecule has 2 aromatic carbocycles. The van der Waals surface area contributed by atoms with Crippen molar-refractivity contribution in [3.8, 4) is 0 Å². The van der Waals surface area contributed by atoms with E-state index in [1.54, 1.807) is 12.1 Å². The van der Waals surface area contributed by atoms with E-state index in [-0.39, 0.29) is 15.7 Å². The van der Waals surface area contributed by atoms with Crippen molar-refractivity contribution < 1.29 is 35.3 Å². The van der Waals surface area contributed by atoms with Gasteiger partial charge in [0.1, 0.15) is 16.7 Å². The maximum atomic E-state index is 12.3. The molecule has 50 heavy (non-hydrogen) atoms. The second-order valence-electron chi connectivity index (χ2n) is 14.1. The molecule has 2 aliphatic rings. The lowest BCUT2D eigenvalue weighted by atomic mass is 9.81. The first-order valence-electron chi connectivity index (χ1n) is 17.4. The molecule has 4 rings (SSSR count). The maximum absolute atomic E-state index is 12.3. The van der Waals surface area contributed by atoms with Crippen molar-refractivity contribution >= 4 is 43.2 Å². The minimum atomic E-state index is -4.61. The Bertz CT molecular complexity index is 1900. The highest BCUT2D eigenvalue weighted by atomic mass is 32.2. The van der Waals surface area contributed by atoms with Crippen LogP contribution in [0.3, 0.4) is 0 Å². The van der Waals surface area contributed by atoms with Crippen LogP contribution < -0.4 is 16.0 Å². The van der Waals surface area contributed by atoms with Crippen LogP contribution in [0, 0.1) is 0 Å². The van der Waals surface area contributed by atoms with Crippen molar-refractivity contribution in [1.82, 2.24) is 5.32 Å². The number of carbonyl (C=O) groups excluding carboxylic acids is 1. The van der Waals surface area contributed by atoms with Crippen molar-refractivity contribution in [2.45, 2.75) is 107 Å². The van der Waals surface area contributed by atoms with E-state index in [9.17, 15) is 30.7 Å². The Morgan fingerprint density at radius 1 is 0.920 bits per heavy atom. The first-order chi connectivity index (χ1) is 23.4. The minimum absolute atomic E-state index is 0.0569. The molecule has 274 valence electrons. The van der Waals surface area contributed by atoms with E-state index in [0.29, 0.717) is 32.6 Å². The Morgan fingerprint density at radius 3 is 2.24 bits per heavy atom. The van der Waals surface area contributed by atoms with E-state index >= 15 is 0 Å². The summed E-state index contributed by atoms with van der Waals surface area (Å²) in [5.74, 6) is 0.0569. The lowest BCUT2D eigenvalue weighted by Gasteiger charge is -2.25. The third-order valence-electron chi connectivity index (χ3n) is 9.88. The van der Waals surface area contributed by atoms with E-state index in [0.717, 1.165) is 78.9 Å².